The van der Waals surface area contributed by atoms with Gasteiger partial charge in [-0.2, -0.15) is 10.1 Å². The van der Waals surface area contributed by atoms with Gasteiger partial charge in [0.1, 0.15) is 6.33 Å². The van der Waals surface area contributed by atoms with E-state index in [1.54, 1.807) is 29.6 Å². The van der Waals surface area contributed by atoms with Crippen LogP contribution >= 0.6 is 15.9 Å². The van der Waals surface area contributed by atoms with Crippen LogP contribution in [0.1, 0.15) is 27.3 Å². The number of benzene rings is 1. The van der Waals surface area contributed by atoms with Gasteiger partial charge in [0, 0.05) is 27.0 Å². The van der Waals surface area contributed by atoms with Gasteiger partial charge in [0.15, 0.2) is 12.4 Å². The average Bonchev–Trinajstić information content (AvgIpc) is 3.05. The zero-order chi connectivity index (χ0) is 18.0. The maximum atomic E-state index is 12.1. The van der Waals surface area contributed by atoms with Gasteiger partial charge in [-0.3, -0.25) is 9.59 Å². The molecule has 8 heteroatoms. The van der Waals surface area contributed by atoms with Crippen molar-refractivity contribution in [2.75, 3.05) is 6.61 Å². The predicted octanol–water partition coefficient (Wildman–Crippen LogP) is 2.47. The summed E-state index contributed by atoms with van der Waals surface area (Å²) in [4.78, 5) is 32.6. The molecule has 3 aromatic rings. The van der Waals surface area contributed by atoms with E-state index >= 15 is 0 Å². The van der Waals surface area contributed by atoms with Crippen LogP contribution in [-0.4, -0.2) is 37.9 Å². The van der Waals surface area contributed by atoms with Crippen LogP contribution in [0.15, 0.2) is 35.1 Å². The molecule has 0 fully saturated rings. The highest BCUT2D eigenvalue weighted by molar-refractivity contribution is 9.10. The van der Waals surface area contributed by atoms with Crippen molar-refractivity contribution in [3.05, 3.63) is 57.6 Å². The molecule has 0 bridgehead atoms. The third-order valence-corrected chi connectivity index (χ3v) is 4.31. The summed E-state index contributed by atoms with van der Waals surface area (Å²) in [5.74, 6) is -0.263. The number of aryl methyl sites for hydroxylation is 2. The van der Waals surface area contributed by atoms with Crippen molar-refractivity contribution in [3.8, 4) is 0 Å². The van der Waals surface area contributed by atoms with E-state index in [0.717, 1.165) is 15.7 Å². The lowest BCUT2D eigenvalue weighted by Crippen LogP contribution is -2.17. The molecule has 0 saturated heterocycles. The largest absolute Gasteiger partial charge is 0.457 e. The van der Waals surface area contributed by atoms with Crippen molar-refractivity contribution < 1.29 is 14.3 Å². The number of hydrogen-bond donors (Lipinski definition) is 0. The number of Topliss-reactive ketones (excluding diaryl/α,β-unsaturated/α-hetero) is 1. The second-order valence-corrected chi connectivity index (χ2v) is 6.42. The van der Waals surface area contributed by atoms with Crippen LogP contribution in [-0.2, 0) is 16.0 Å². The molecule has 0 aliphatic rings. The number of halogens is 1. The van der Waals surface area contributed by atoms with Crippen LogP contribution in [0, 0.1) is 13.8 Å². The minimum atomic E-state index is -0.490. The molecule has 0 amide bonds. The normalized spacial score (nSPS) is 10.8. The first-order chi connectivity index (χ1) is 12.0. The van der Waals surface area contributed by atoms with Gasteiger partial charge < -0.3 is 4.74 Å². The van der Waals surface area contributed by atoms with E-state index in [-0.39, 0.29) is 18.8 Å². The Kier molecular flexibility index (Phi) is 4.89. The van der Waals surface area contributed by atoms with E-state index in [1.807, 2.05) is 13.0 Å². The molecular weight excluding hydrogens is 388 g/mol. The SMILES string of the molecule is Cc1nc2ncnn2c(C)c1CC(=O)OCC(=O)c1cccc(Br)c1. The molecule has 0 spiro atoms. The van der Waals surface area contributed by atoms with Gasteiger partial charge in [0.25, 0.3) is 5.78 Å². The average molecular weight is 403 g/mol. The smallest absolute Gasteiger partial charge is 0.310 e. The molecule has 0 aliphatic heterocycles. The Hall–Kier alpha value is -2.61. The van der Waals surface area contributed by atoms with Crippen LogP contribution in [0.4, 0.5) is 0 Å². The summed E-state index contributed by atoms with van der Waals surface area (Å²) in [5.41, 5.74) is 2.67. The molecule has 2 aromatic heterocycles. The number of rotatable bonds is 5. The van der Waals surface area contributed by atoms with Crippen molar-refractivity contribution in [1.29, 1.82) is 0 Å². The Morgan fingerprint density at radius 2 is 2.08 bits per heavy atom. The van der Waals surface area contributed by atoms with Gasteiger partial charge in [-0.25, -0.2) is 9.50 Å². The lowest BCUT2D eigenvalue weighted by atomic mass is 10.1. The highest BCUT2D eigenvalue weighted by Crippen LogP contribution is 2.15. The molecular formula is C17H15BrN4O3. The van der Waals surface area contributed by atoms with Crippen molar-refractivity contribution in [2.45, 2.75) is 20.3 Å². The third kappa shape index (κ3) is 3.74. The number of carbonyl (C=O) groups excluding carboxylic acids is 2. The van der Waals surface area contributed by atoms with Crippen LogP contribution in [0.5, 0.6) is 0 Å². The maximum absolute atomic E-state index is 12.1. The van der Waals surface area contributed by atoms with E-state index in [1.165, 1.54) is 6.33 Å². The molecule has 0 aliphatic carbocycles. The molecule has 0 saturated carbocycles. The van der Waals surface area contributed by atoms with Gasteiger partial charge in [0.05, 0.1) is 6.42 Å². The number of hydrogen-bond acceptors (Lipinski definition) is 6. The number of ketones is 1. The quantitative estimate of drug-likeness (QED) is 0.481. The Morgan fingerprint density at radius 3 is 2.84 bits per heavy atom. The van der Waals surface area contributed by atoms with Gasteiger partial charge in [-0.1, -0.05) is 28.1 Å². The fraction of sp³-hybridized carbons (Fsp3) is 0.235. The molecule has 1 aromatic carbocycles. The van der Waals surface area contributed by atoms with Crippen molar-refractivity contribution in [1.82, 2.24) is 19.6 Å². The van der Waals surface area contributed by atoms with Crippen LogP contribution in [0.3, 0.4) is 0 Å². The predicted molar refractivity (Wildman–Crippen MR) is 93.4 cm³/mol. The summed E-state index contributed by atoms with van der Waals surface area (Å²) in [6, 6.07) is 6.94. The van der Waals surface area contributed by atoms with E-state index < -0.39 is 5.97 Å². The molecule has 2 heterocycles. The number of fused-ring (bicyclic) bond motifs is 1. The Bertz CT molecular complexity index is 968. The number of ether oxygens (including phenoxy) is 1. The molecule has 0 atom stereocenters. The maximum Gasteiger partial charge on any atom is 0.310 e. The summed E-state index contributed by atoms with van der Waals surface area (Å²) in [6.45, 7) is 3.34. The summed E-state index contributed by atoms with van der Waals surface area (Å²) in [6.07, 6.45) is 1.43. The summed E-state index contributed by atoms with van der Waals surface area (Å²) < 4.78 is 7.49. The molecule has 25 heavy (non-hydrogen) atoms. The fourth-order valence-electron chi connectivity index (χ4n) is 2.50. The van der Waals surface area contributed by atoms with Gasteiger partial charge >= 0.3 is 5.97 Å². The molecule has 0 radical (unpaired) electrons. The van der Waals surface area contributed by atoms with Crippen molar-refractivity contribution >= 4 is 33.5 Å². The van der Waals surface area contributed by atoms with E-state index in [2.05, 4.69) is 31.0 Å². The second-order valence-electron chi connectivity index (χ2n) is 5.50. The van der Waals surface area contributed by atoms with Crippen molar-refractivity contribution in [3.63, 3.8) is 0 Å². The number of carbonyl (C=O) groups is 2. The van der Waals surface area contributed by atoms with E-state index in [4.69, 9.17) is 4.74 Å². The highest BCUT2D eigenvalue weighted by atomic mass is 79.9. The monoisotopic (exact) mass is 402 g/mol. The summed E-state index contributed by atoms with van der Waals surface area (Å²) in [7, 11) is 0. The zero-order valence-corrected chi connectivity index (χ0v) is 15.3. The van der Waals surface area contributed by atoms with E-state index in [0.29, 0.717) is 17.0 Å². The first-order valence-corrected chi connectivity index (χ1v) is 8.35. The minimum absolute atomic E-state index is 0.0201. The minimum Gasteiger partial charge on any atom is -0.457 e. The lowest BCUT2D eigenvalue weighted by Gasteiger charge is -2.10. The number of aromatic nitrogens is 4. The standard InChI is InChI=1S/C17H15BrN4O3/c1-10-14(11(2)22-17(21-10)19-9-20-22)7-16(24)25-8-15(23)12-4-3-5-13(18)6-12/h3-6,9H,7-8H2,1-2H3. The fourth-order valence-corrected chi connectivity index (χ4v) is 2.90. The summed E-state index contributed by atoms with van der Waals surface area (Å²) in [5, 5.41) is 4.08. The van der Waals surface area contributed by atoms with Crippen LogP contribution in [0.2, 0.25) is 0 Å². The molecule has 7 nitrogen and oxygen atoms in total. The lowest BCUT2D eigenvalue weighted by molar-refractivity contribution is -0.141. The number of nitrogens with zero attached hydrogens (tertiary/aromatic N) is 4. The van der Waals surface area contributed by atoms with Gasteiger partial charge in [0.2, 0.25) is 0 Å². The van der Waals surface area contributed by atoms with E-state index in [9.17, 15) is 9.59 Å². The molecule has 0 N–H and O–H groups in total. The molecule has 128 valence electrons. The Balaban J connectivity index is 1.68. The third-order valence-electron chi connectivity index (χ3n) is 3.82. The Morgan fingerprint density at radius 1 is 1.28 bits per heavy atom. The van der Waals surface area contributed by atoms with Gasteiger partial charge in [-0.05, 0) is 26.0 Å². The first-order valence-electron chi connectivity index (χ1n) is 7.56. The van der Waals surface area contributed by atoms with Crippen LogP contribution < -0.4 is 0 Å². The topological polar surface area (TPSA) is 86.4 Å². The molecule has 0 unspecified atom stereocenters. The second kappa shape index (κ2) is 7.10. The zero-order valence-electron chi connectivity index (χ0n) is 13.7. The summed E-state index contributed by atoms with van der Waals surface area (Å²) >= 11 is 3.31. The Labute approximate surface area is 152 Å². The first kappa shape index (κ1) is 17.2. The van der Waals surface area contributed by atoms with Crippen molar-refractivity contribution in [2.24, 2.45) is 0 Å². The highest BCUT2D eigenvalue weighted by Gasteiger charge is 2.16. The van der Waals surface area contributed by atoms with Gasteiger partial charge in [-0.15, -0.1) is 0 Å². The van der Waals surface area contributed by atoms with Crippen LogP contribution in [0.25, 0.3) is 5.78 Å². The number of esters is 1. The molecule has 3 rings (SSSR count).